The number of rotatable bonds is 8. The summed E-state index contributed by atoms with van der Waals surface area (Å²) in [5.74, 6) is 0.956. The van der Waals surface area contributed by atoms with Gasteiger partial charge in [0.25, 0.3) is 0 Å². The first-order chi connectivity index (χ1) is 7.77. The summed E-state index contributed by atoms with van der Waals surface area (Å²) < 4.78 is 6.98. The molecule has 0 fully saturated rings. The summed E-state index contributed by atoms with van der Waals surface area (Å²) in [4.78, 5) is 4.18. The predicted molar refractivity (Wildman–Crippen MR) is 63.0 cm³/mol. The number of aryl methyl sites for hydroxylation is 1. The Balaban J connectivity index is 2.34. The Hall–Kier alpha value is -0.940. The van der Waals surface area contributed by atoms with E-state index in [-0.39, 0.29) is 0 Å². The molecule has 1 atom stereocenters. The van der Waals surface area contributed by atoms with Crippen LogP contribution in [0.25, 0.3) is 0 Å². The lowest BCUT2D eigenvalue weighted by Gasteiger charge is -2.17. The fraction of sp³-hybridized carbons (Fsp3) is 0.818. The number of unbranched alkanes of at least 4 members (excludes halogenated alkanes) is 1. The molecule has 5 nitrogen and oxygen atoms in total. The van der Waals surface area contributed by atoms with Crippen molar-refractivity contribution < 1.29 is 4.74 Å². The molecule has 1 aromatic heterocycles. The zero-order valence-electron chi connectivity index (χ0n) is 10.4. The summed E-state index contributed by atoms with van der Waals surface area (Å²) in [5.41, 5.74) is 0. The van der Waals surface area contributed by atoms with Gasteiger partial charge in [-0.2, -0.15) is 5.10 Å². The molecule has 0 aliphatic carbocycles. The van der Waals surface area contributed by atoms with E-state index in [9.17, 15) is 0 Å². The lowest BCUT2D eigenvalue weighted by molar-refractivity contribution is 0.160. The third-order valence-corrected chi connectivity index (χ3v) is 2.63. The van der Waals surface area contributed by atoms with Crippen LogP contribution in [-0.4, -0.2) is 34.5 Å². The molecule has 0 saturated heterocycles. The molecular weight excluding hydrogens is 204 g/mol. The molecule has 0 bridgehead atoms. The zero-order valence-corrected chi connectivity index (χ0v) is 10.4. The Morgan fingerprint density at radius 1 is 1.56 bits per heavy atom. The molecule has 0 radical (unpaired) electrons. The van der Waals surface area contributed by atoms with Gasteiger partial charge in [0.1, 0.15) is 12.2 Å². The lowest BCUT2D eigenvalue weighted by Crippen LogP contribution is -2.33. The van der Waals surface area contributed by atoms with Gasteiger partial charge in [0.2, 0.25) is 0 Å². The Labute approximate surface area is 97.2 Å². The van der Waals surface area contributed by atoms with Crippen LogP contribution in [0.3, 0.4) is 0 Å². The van der Waals surface area contributed by atoms with E-state index < -0.39 is 0 Å². The second-order valence-corrected chi connectivity index (χ2v) is 3.98. The molecule has 0 aromatic carbocycles. The summed E-state index contributed by atoms with van der Waals surface area (Å²) in [6, 6.07) is 0.404. The zero-order chi connectivity index (χ0) is 11.8. The molecule has 1 aromatic rings. The van der Waals surface area contributed by atoms with Crippen molar-refractivity contribution >= 4 is 0 Å². The number of hydrogen-bond acceptors (Lipinski definition) is 4. The number of nitrogens with zero attached hydrogens (tertiary/aromatic N) is 3. The third kappa shape index (κ3) is 4.28. The van der Waals surface area contributed by atoms with E-state index >= 15 is 0 Å². The van der Waals surface area contributed by atoms with Gasteiger partial charge in [-0.05, 0) is 6.42 Å². The smallest absolute Gasteiger partial charge is 0.140 e. The van der Waals surface area contributed by atoms with Crippen molar-refractivity contribution in [2.24, 2.45) is 7.05 Å². The molecule has 0 amide bonds. The van der Waals surface area contributed by atoms with E-state index in [2.05, 4.69) is 22.3 Å². The first kappa shape index (κ1) is 13.1. The second-order valence-electron chi connectivity index (χ2n) is 3.98. The number of nitrogens with one attached hydrogen (secondary N) is 1. The normalized spacial score (nSPS) is 12.9. The van der Waals surface area contributed by atoms with Crippen LogP contribution in [0.5, 0.6) is 0 Å². The Morgan fingerprint density at radius 2 is 2.38 bits per heavy atom. The first-order valence-corrected chi connectivity index (χ1v) is 5.83. The maximum absolute atomic E-state index is 5.20. The highest BCUT2D eigenvalue weighted by Crippen LogP contribution is 2.02. The van der Waals surface area contributed by atoms with E-state index in [1.807, 2.05) is 7.05 Å². The minimum atomic E-state index is 0.404. The standard InChI is InChI=1S/C11H22N4O/c1-4-5-6-10(8-16-3)12-7-11-13-9-14-15(11)2/h9-10,12H,4-8H2,1-3H3. The SMILES string of the molecule is CCCCC(COC)NCc1ncnn1C. The second kappa shape index (κ2) is 7.35. The highest BCUT2D eigenvalue weighted by molar-refractivity contribution is 4.83. The first-order valence-electron chi connectivity index (χ1n) is 5.83. The van der Waals surface area contributed by atoms with Crippen molar-refractivity contribution in [3.05, 3.63) is 12.2 Å². The van der Waals surface area contributed by atoms with Gasteiger partial charge in [-0.25, -0.2) is 4.98 Å². The van der Waals surface area contributed by atoms with Gasteiger partial charge < -0.3 is 10.1 Å². The number of ether oxygens (including phenoxy) is 1. The van der Waals surface area contributed by atoms with Gasteiger partial charge in [0, 0.05) is 20.2 Å². The quantitative estimate of drug-likeness (QED) is 0.721. The molecule has 0 aliphatic rings. The van der Waals surface area contributed by atoms with Gasteiger partial charge in [-0.1, -0.05) is 19.8 Å². The van der Waals surface area contributed by atoms with Crippen LogP contribution in [0.2, 0.25) is 0 Å². The van der Waals surface area contributed by atoms with Crippen LogP contribution in [-0.2, 0) is 18.3 Å². The van der Waals surface area contributed by atoms with Crippen LogP contribution in [0.1, 0.15) is 32.0 Å². The van der Waals surface area contributed by atoms with Crippen LogP contribution >= 0.6 is 0 Å². The molecule has 1 rings (SSSR count). The molecule has 1 N–H and O–H groups in total. The minimum Gasteiger partial charge on any atom is -0.383 e. The topological polar surface area (TPSA) is 52.0 Å². The van der Waals surface area contributed by atoms with E-state index in [0.717, 1.165) is 25.4 Å². The van der Waals surface area contributed by atoms with Gasteiger partial charge in [-0.15, -0.1) is 0 Å². The summed E-state index contributed by atoms with van der Waals surface area (Å²) in [6.07, 6.45) is 5.16. The maximum atomic E-state index is 5.20. The van der Waals surface area contributed by atoms with Crippen molar-refractivity contribution in [3.63, 3.8) is 0 Å². The molecule has 0 spiro atoms. The average molecular weight is 226 g/mol. The third-order valence-electron chi connectivity index (χ3n) is 2.63. The van der Waals surface area contributed by atoms with Crippen LogP contribution in [0, 0.1) is 0 Å². The summed E-state index contributed by atoms with van der Waals surface area (Å²) in [6.45, 7) is 3.69. The van der Waals surface area contributed by atoms with Gasteiger partial charge >= 0.3 is 0 Å². The van der Waals surface area contributed by atoms with Crippen molar-refractivity contribution in [3.8, 4) is 0 Å². The number of hydrogen-bond donors (Lipinski definition) is 1. The minimum absolute atomic E-state index is 0.404. The fourth-order valence-corrected chi connectivity index (χ4v) is 1.61. The highest BCUT2D eigenvalue weighted by atomic mass is 16.5. The van der Waals surface area contributed by atoms with Crippen molar-refractivity contribution in [2.75, 3.05) is 13.7 Å². The average Bonchev–Trinajstić information content (AvgIpc) is 2.68. The van der Waals surface area contributed by atoms with Crippen LogP contribution in [0.4, 0.5) is 0 Å². The molecular formula is C11H22N4O. The van der Waals surface area contributed by atoms with Gasteiger partial charge in [-0.3, -0.25) is 4.68 Å². The molecule has 0 saturated carbocycles. The summed E-state index contributed by atoms with van der Waals surface area (Å²) >= 11 is 0. The highest BCUT2D eigenvalue weighted by Gasteiger charge is 2.08. The number of aromatic nitrogens is 3. The molecule has 92 valence electrons. The molecule has 16 heavy (non-hydrogen) atoms. The van der Waals surface area contributed by atoms with Crippen molar-refractivity contribution in [2.45, 2.75) is 38.8 Å². The van der Waals surface area contributed by atoms with E-state index in [1.165, 1.54) is 12.8 Å². The molecule has 1 heterocycles. The lowest BCUT2D eigenvalue weighted by atomic mass is 10.1. The van der Waals surface area contributed by atoms with Crippen molar-refractivity contribution in [1.29, 1.82) is 0 Å². The predicted octanol–water partition coefficient (Wildman–Crippen LogP) is 1.11. The van der Waals surface area contributed by atoms with Gasteiger partial charge in [0.05, 0.1) is 13.2 Å². The van der Waals surface area contributed by atoms with E-state index in [0.29, 0.717) is 6.04 Å². The Morgan fingerprint density at radius 3 is 2.94 bits per heavy atom. The van der Waals surface area contributed by atoms with Crippen LogP contribution < -0.4 is 5.32 Å². The molecule has 0 aliphatic heterocycles. The fourth-order valence-electron chi connectivity index (χ4n) is 1.61. The summed E-state index contributed by atoms with van der Waals surface area (Å²) in [5, 5.41) is 7.49. The molecule has 5 heteroatoms. The van der Waals surface area contributed by atoms with Crippen molar-refractivity contribution in [1.82, 2.24) is 20.1 Å². The largest absolute Gasteiger partial charge is 0.383 e. The summed E-state index contributed by atoms with van der Waals surface area (Å²) in [7, 11) is 3.64. The number of methoxy groups -OCH3 is 1. The Bertz CT molecular complexity index is 287. The van der Waals surface area contributed by atoms with Crippen LogP contribution in [0.15, 0.2) is 6.33 Å². The maximum Gasteiger partial charge on any atom is 0.140 e. The van der Waals surface area contributed by atoms with E-state index in [1.54, 1.807) is 18.1 Å². The van der Waals surface area contributed by atoms with Gasteiger partial charge in [0.15, 0.2) is 0 Å². The van der Waals surface area contributed by atoms with E-state index in [4.69, 9.17) is 4.74 Å². The monoisotopic (exact) mass is 226 g/mol. The Kier molecular flexibility index (Phi) is 6.03. The molecule has 1 unspecified atom stereocenters.